The molecule has 0 bridgehead atoms. The molecule has 1 saturated heterocycles. The molecule has 2 heterocycles. The van der Waals surface area contributed by atoms with Gasteiger partial charge in [-0.25, -0.2) is 0 Å². The molecule has 3 rings (SSSR count). The van der Waals surface area contributed by atoms with Crippen LogP contribution in [0.4, 0.5) is 10.5 Å². The largest absolute Gasteiger partial charge is 0.462 e. The van der Waals surface area contributed by atoms with Gasteiger partial charge in [0.15, 0.2) is 0 Å². The fraction of sp³-hybridized carbons (Fsp3) is 0.250. The molecule has 1 fully saturated rings. The molecule has 9 nitrogen and oxygen atoms in total. The Bertz CT molecular complexity index is 1070. The van der Waals surface area contributed by atoms with Gasteiger partial charge in [-0.1, -0.05) is 0 Å². The van der Waals surface area contributed by atoms with Gasteiger partial charge in [-0.15, -0.1) is 0 Å². The van der Waals surface area contributed by atoms with Crippen molar-refractivity contribution in [3.63, 3.8) is 0 Å². The Balaban J connectivity index is 1.78. The molecule has 1 aliphatic rings. The SMILES string of the molecule is Cc1cc([N+](=O)[O-])ccc1-c1ccc(/C=C2\SC(=O)N(CC(=O)OC(C)C)C2=O)o1. The lowest BCUT2D eigenvalue weighted by atomic mass is 10.1. The van der Waals surface area contributed by atoms with E-state index in [2.05, 4.69) is 0 Å². The van der Waals surface area contributed by atoms with Crippen molar-refractivity contribution in [2.24, 2.45) is 0 Å². The van der Waals surface area contributed by atoms with E-state index in [4.69, 9.17) is 9.15 Å². The normalized spacial score (nSPS) is 15.3. The number of amides is 2. The molecule has 0 aliphatic carbocycles. The maximum absolute atomic E-state index is 12.5. The molecular weight excluding hydrogens is 412 g/mol. The molecule has 0 saturated carbocycles. The molecule has 0 atom stereocenters. The topological polar surface area (TPSA) is 120 Å². The van der Waals surface area contributed by atoms with Crippen LogP contribution >= 0.6 is 11.8 Å². The Morgan fingerprint density at radius 2 is 2.03 bits per heavy atom. The summed E-state index contributed by atoms with van der Waals surface area (Å²) in [5, 5.41) is 10.3. The summed E-state index contributed by atoms with van der Waals surface area (Å²) in [7, 11) is 0. The number of esters is 1. The number of benzene rings is 1. The molecule has 30 heavy (non-hydrogen) atoms. The molecular formula is C20H18N2O7S. The number of furan rings is 1. The first kappa shape index (κ1) is 21.3. The van der Waals surface area contributed by atoms with Crippen molar-refractivity contribution < 1.29 is 28.5 Å². The highest BCUT2D eigenvalue weighted by atomic mass is 32.2. The highest BCUT2D eigenvalue weighted by molar-refractivity contribution is 8.18. The van der Waals surface area contributed by atoms with Crippen molar-refractivity contribution in [1.82, 2.24) is 4.90 Å². The monoisotopic (exact) mass is 430 g/mol. The van der Waals surface area contributed by atoms with Crippen LogP contribution in [0.3, 0.4) is 0 Å². The first-order chi connectivity index (χ1) is 14.2. The average molecular weight is 430 g/mol. The summed E-state index contributed by atoms with van der Waals surface area (Å²) in [5.74, 6) is -0.468. The van der Waals surface area contributed by atoms with Crippen molar-refractivity contribution >= 4 is 40.6 Å². The van der Waals surface area contributed by atoms with Crippen molar-refractivity contribution in [2.45, 2.75) is 26.9 Å². The Labute approximate surface area is 175 Å². The second kappa shape index (κ2) is 8.54. The Hall–Kier alpha value is -3.40. The summed E-state index contributed by atoms with van der Waals surface area (Å²) >= 11 is 0.707. The first-order valence-electron chi connectivity index (χ1n) is 8.96. The van der Waals surface area contributed by atoms with Crippen molar-refractivity contribution in [1.29, 1.82) is 0 Å². The zero-order valence-corrected chi connectivity index (χ0v) is 17.2. The van der Waals surface area contributed by atoms with Crippen LogP contribution in [0.15, 0.2) is 39.7 Å². The molecule has 0 spiro atoms. The summed E-state index contributed by atoms with van der Waals surface area (Å²) in [5.41, 5.74) is 1.31. The predicted molar refractivity (Wildman–Crippen MR) is 109 cm³/mol. The van der Waals surface area contributed by atoms with Crippen LogP contribution in [-0.4, -0.2) is 39.6 Å². The molecule has 0 unspecified atom stereocenters. The number of nitro benzene ring substituents is 1. The van der Waals surface area contributed by atoms with E-state index < -0.39 is 28.6 Å². The minimum absolute atomic E-state index is 0.0207. The fourth-order valence-corrected chi connectivity index (χ4v) is 3.63. The molecule has 10 heteroatoms. The lowest BCUT2D eigenvalue weighted by Gasteiger charge is -2.13. The average Bonchev–Trinajstić information content (AvgIpc) is 3.21. The number of nitrogens with zero attached hydrogens (tertiary/aromatic N) is 2. The van der Waals surface area contributed by atoms with Crippen LogP contribution in [0.25, 0.3) is 17.4 Å². The number of ether oxygens (including phenoxy) is 1. The van der Waals surface area contributed by atoms with E-state index in [-0.39, 0.29) is 16.7 Å². The van der Waals surface area contributed by atoms with E-state index in [0.29, 0.717) is 34.4 Å². The standard InChI is InChI=1S/C20H18N2O7S/c1-11(2)28-18(23)10-21-19(24)17(30-20(21)25)9-14-5-7-16(29-14)15-6-4-13(22(26)27)8-12(15)3/h4-9,11H,10H2,1-3H3/b17-9-. The van der Waals surface area contributed by atoms with Crippen LogP contribution in [0, 0.1) is 17.0 Å². The number of rotatable bonds is 6. The highest BCUT2D eigenvalue weighted by Crippen LogP contribution is 2.34. The van der Waals surface area contributed by atoms with Gasteiger partial charge in [0.1, 0.15) is 18.1 Å². The number of hydrogen-bond acceptors (Lipinski definition) is 8. The van der Waals surface area contributed by atoms with E-state index in [9.17, 15) is 24.5 Å². The van der Waals surface area contributed by atoms with E-state index in [1.807, 2.05) is 0 Å². The summed E-state index contributed by atoms with van der Waals surface area (Å²) in [4.78, 5) is 47.7. The lowest BCUT2D eigenvalue weighted by Crippen LogP contribution is -2.35. The second-order valence-electron chi connectivity index (χ2n) is 6.76. The number of carbonyl (C=O) groups is 3. The summed E-state index contributed by atoms with van der Waals surface area (Å²) in [6.07, 6.45) is 1.07. The number of carbonyl (C=O) groups excluding carboxylic acids is 3. The van der Waals surface area contributed by atoms with Gasteiger partial charge in [-0.2, -0.15) is 0 Å². The van der Waals surface area contributed by atoms with Gasteiger partial charge in [-0.05, 0) is 56.3 Å². The molecule has 2 aromatic rings. The third-order valence-electron chi connectivity index (χ3n) is 4.11. The molecule has 156 valence electrons. The fourth-order valence-electron chi connectivity index (χ4n) is 2.81. The quantitative estimate of drug-likeness (QED) is 0.290. The minimum Gasteiger partial charge on any atom is -0.462 e. The molecule has 0 radical (unpaired) electrons. The van der Waals surface area contributed by atoms with E-state index in [1.165, 1.54) is 18.2 Å². The zero-order valence-electron chi connectivity index (χ0n) is 16.4. The molecule has 1 aromatic carbocycles. The molecule has 1 aliphatic heterocycles. The molecule has 2 amide bonds. The van der Waals surface area contributed by atoms with Crippen molar-refractivity contribution in [3.8, 4) is 11.3 Å². The number of hydrogen-bond donors (Lipinski definition) is 0. The number of aryl methyl sites for hydroxylation is 1. The van der Waals surface area contributed by atoms with E-state index in [1.54, 1.807) is 39.0 Å². The van der Waals surface area contributed by atoms with Gasteiger partial charge >= 0.3 is 5.97 Å². The summed E-state index contributed by atoms with van der Waals surface area (Å²) in [6.45, 7) is 4.62. The number of thioether (sulfide) groups is 1. The van der Waals surface area contributed by atoms with Gasteiger partial charge in [0.05, 0.1) is 15.9 Å². The van der Waals surface area contributed by atoms with E-state index >= 15 is 0 Å². The highest BCUT2D eigenvalue weighted by Gasteiger charge is 2.37. The Morgan fingerprint density at radius 3 is 2.67 bits per heavy atom. The van der Waals surface area contributed by atoms with Gasteiger partial charge in [0.2, 0.25) is 0 Å². The minimum atomic E-state index is -0.664. The number of imide groups is 1. The first-order valence-corrected chi connectivity index (χ1v) is 9.77. The Morgan fingerprint density at radius 1 is 1.30 bits per heavy atom. The van der Waals surface area contributed by atoms with Gasteiger partial charge < -0.3 is 9.15 Å². The molecule has 1 aromatic heterocycles. The Kier molecular flexibility index (Phi) is 6.06. The lowest BCUT2D eigenvalue weighted by molar-refractivity contribution is -0.384. The van der Waals surface area contributed by atoms with Crippen LogP contribution in [0.1, 0.15) is 25.2 Å². The van der Waals surface area contributed by atoms with Crippen LogP contribution in [0.5, 0.6) is 0 Å². The third-order valence-corrected chi connectivity index (χ3v) is 5.02. The number of non-ortho nitro benzene ring substituents is 1. The van der Waals surface area contributed by atoms with Crippen LogP contribution < -0.4 is 0 Å². The van der Waals surface area contributed by atoms with Crippen molar-refractivity contribution in [2.75, 3.05) is 6.54 Å². The van der Waals surface area contributed by atoms with Gasteiger partial charge in [0, 0.05) is 23.8 Å². The van der Waals surface area contributed by atoms with Crippen LogP contribution in [-0.2, 0) is 14.3 Å². The summed E-state index contributed by atoms with van der Waals surface area (Å²) < 4.78 is 10.7. The van der Waals surface area contributed by atoms with Crippen LogP contribution in [0.2, 0.25) is 0 Å². The zero-order chi connectivity index (χ0) is 22.0. The number of nitro groups is 1. The third kappa shape index (κ3) is 4.60. The van der Waals surface area contributed by atoms with Crippen molar-refractivity contribution in [3.05, 3.63) is 56.7 Å². The van der Waals surface area contributed by atoms with Gasteiger partial charge in [-0.3, -0.25) is 29.4 Å². The maximum Gasteiger partial charge on any atom is 0.326 e. The second-order valence-corrected chi connectivity index (χ2v) is 7.76. The predicted octanol–water partition coefficient (Wildman–Crippen LogP) is 4.15. The smallest absolute Gasteiger partial charge is 0.326 e. The van der Waals surface area contributed by atoms with E-state index in [0.717, 1.165) is 4.90 Å². The van der Waals surface area contributed by atoms with Gasteiger partial charge in [0.25, 0.3) is 16.8 Å². The summed E-state index contributed by atoms with van der Waals surface area (Å²) in [6, 6.07) is 7.71. The molecule has 0 N–H and O–H groups in total. The maximum atomic E-state index is 12.5.